The van der Waals surface area contributed by atoms with Crippen LogP contribution in [0.4, 0.5) is 0 Å². The van der Waals surface area contributed by atoms with Gasteiger partial charge in [0.1, 0.15) is 11.4 Å². The maximum atomic E-state index is 12.7. The average molecular weight is 349 g/mol. The fourth-order valence-corrected chi connectivity index (χ4v) is 3.74. The smallest absolute Gasteiger partial charge is 0.263 e. The summed E-state index contributed by atoms with van der Waals surface area (Å²) < 4.78 is 5.78. The normalized spacial score (nSPS) is 16.6. The highest BCUT2D eigenvalue weighted by Gasteiger charge is 2.28. The van der Waals surface area contributed by atoms with Gasteiger partial charge in [-0.1, -0.05) is 18.2 Å². The molecular weight excluding hydrogens is 326 g/mol. The third kappa shape index (κ3) is 3.29. The van der Waals surface area contributed by atoms with Crippen LogP contribution in [-0.2, 0) is 4.79 Å². The van der Waals surface area contributed by atoms with Gasteiger partial charge in [-0.3, -0.25) is 4.79 Å². The topological polar surface area (TPSA) is 58.2 Å². The van der Waals surface area contributed by atoms with Crippen molar-refractivity contribution in [3.63, 3.8) is 0 Å². The summed E-state index contributed by atoms with van der Waals surface area (Å²) in [6.07, 6.45) is 5.34. The SMILES string of the molecule is C[C@@H](Oc1ccccc1)C(=O)N1CCC(c2c[nH]c3ncccc23)CC1. The first-order valence-corrected chi connectivity index (χ1v) is 9.15. The molecule has 4 rings (SSSR count). The van der Waals surface area contributed by atoms with Crippen molar-refractivity contribution < 1.29 is 9.53 Å². The van der Waals surface area contributed by atoms with Gasteiger partial charge in [0.2, 0.25) is 0 Å². The Hall–Kier alpha value is -2.82. The molecule has 26 heavy (non-hydrogen) atoms. The largest absolute Gasteiger partial charge is 0.481 e. The molecule has 1 N–H and O–H groups in total. The molecule has 0 unspecified atom stereocenters. The van der Waals surface area contributed by atoms with Gasteiger partial charge in [-0.05, 0) is 55.5 Å². The van der Waals surface area contributed by atoms with Crippen molar-refractivity contribution in [2.75, 3.05) is 13.1 Å². The summed E-state index contributed by atoms with van der Waals surface area (Å²) in [4.78, 5) is 22.2. The second kappa shape index (κ2) is 7.20. The van der Waals surface area contributed by atoms with Crippen molar-refractivity contribution in [1.82, 2.24) is 14.9 Å². The van der Waals surface area contributed by atoms with Crippen LogP contribution in [0.5, 0.6) is 5.75 Å². The lowest BCUT2D eigenvalue weighted by Crippen LogP contribution is -2.44. The molecule has 0 bridgehead atoms. The number of H-pyrrole nitrogens is 1. The number of fused-ring (bicyclic) bond motifs is 1. The van der Waals surface area contributed by atoms with Gasteiger partial charge in [-0.15, -0.1) is 0 Å². The zero-order valence-corrected chi connectivity index (χ0v) is 14.9. The average Bonchev–Trinajstić information content (AvgIpc) is 3.12. The van der Waals surface area contributed by atoms with E-state index in [9.17, 15) is 4.79 Å². The zero-order valence-electron chi connectivity index (χ0n) is 14.9. The number of carbonyl (C=O) groups is 1. The molecule has 1 atom stereocenters. The molecule has 5 nitrogen and oxygen atoms in total. The van der Waals surface area contributed by atoms with Crippen molar-refractivity contribution in [2.45, 2.75) is 31.8 Å². The Balaban J connectivity index is 1.38. The van der Waals surface area contributed by atoms with E-state index in [0.29, 0.717) is 5.92 Å². The lowest BCUT2D eigenvalue weighted by molar-refractivity contribution is -0.139. The minimum atomic E-state index is -0.466. The van der Waals surface area contributed by atoms with E-state index < -0.39 is 6.10 Å². The molecule has 0 saturated carbocycles. The highest BCUT2D eigenvalue weighted by molar-refractivity contribution is 5.82. The van der Waals surface area contributed by atoms with Gasteiger partial charge in [0.25, 0.3) is 5.91 Å². The molecule has 1 aliphatic heterocycles. The van der Waals surface area contributed by atoms with E-state index in [-0.39, 0.29) is 5.91 Å². The molecule has 1 aliphatic rings. The molecule has 2 aromatic heterocycles. The molecule has 0 spiro atoms. The number of piperidine rings is 1. The van der Waals surface area contributed by atoms with E-state index in [4.69, 9.17) is 4.74 Å². The fourth-order valence-electron chi connectivity index (χ4n) is 3.74. The number of carbonyl (C=O) groups excluding carboxylic acids is 1. The fraction of sp³-hybridized carbons (Fsp3) is 0.333. The molecule has 0 aliphatic carbocycles. The molecular formula is C21H23N3O2. The molecule has 134 valence electrons. The van der Waals surface area contributed by atoms with Crippen LogP contribution >= 0.6 is 0 Å². The van der Waals surface area contributed by atoms with E-state index in [1.165, 1.54) is 10.9 Å². The van der Waals surface area contributed by atoms with Gasteiger partial charge in [0.15, 0.2) is 6.10 Å². The number of hydrogen-bond donors (Lipinski definition) is 1. The minimum absolute atomic E-state index is 0.0629. The maximum Gasteiger partial charge on any atom is 0.263 e. The summed E-state index contributed by atoms with van der Waals surface area (Å²) in [5, 5.41) is 1.19. The Labute approximate surface area is 153 Å². The van der Waals surface area contributed by atoms with Crippen LogP contribution in [0.1, 0.15) is 31.2 Å². The van der Waals surface area contributed by atoms with Crippen LogP contribution in [0, 0.1) is 0 Å². The molecule has 3 heterocycles. The Bertz CT molecular complexity index is 882. The van der Waals surface area contributed by atoms with Crippen LogP contribution in [-0.4, -0.2) is 40.0 Å². The molecule has 1 amide bonds. The number of nitrogens with one attached hydrogen (secondary N) is 1. The van der Waals surface area contributed by atoms with Crippen molar-refractivity contribution in [1.29, 1.82) is 0 Å². The number of benzene rings is 1. The Kier molecular flexibility index (Phi) is 4.61. The number of pyridine rings is 1. The summed E-state index contributed by atoms with van der Waals surface area (Å²) >= 11 is 0. The lowest BCUT2D eigenvalue weighted by atomic mass is 9.89. The van der Waals surface area contributed by atoms with Crippen molar-refractivity contribution in [3.05, 3.63) is 60.4 Å². The molecule has 1 fully saturated rings. The third-order valence-electron chi connectivity index (χ3n) is 5.13. The Morgan fingerprint density at radius 3 is 2.73 bits per heavy atom. The van der Waals surface area contributed by atoms with Crippen LogP contribution in [0.3, 0.4) is 0 Å². The number of para-hydroxylation sites is 1. The first-order valence-electron chi connectivity index (χ1n) is 9.15. The Morgan fingerprint density at radius 1 is 1.19 bits per heavy atom. The van der Waals surface area contributed by atoms with Gasteiger partial charge in [-0.2, -0.15) is 0 Å². The lowest BCUT2D eigenvalue weighted by Gasteiger charge is -2.33. The summed E-state index contributed by atoms with van der Waals surface area (Å²) in [5.74, 6) is 1.25. The number of ether oxygens (including phenoxy) is 1. The second-order valence-corrected chi connectivity index (χ2v) is 6.82. The summed E-state index contributed by atoms with van der Waals surface area (Å²) in [6, 6.07) is 13.6. The van der Waals surface area contributed by atoms with Crippen molar-refractivity contribution in [3.8, 4) is 5.75 Å². The summed E-state index contributed by atoms with van der Waals surface area (Å²) in [5.41, 5.74) is 2.25. The number of hydrogen-bond acceptors (Lipinski definition) is 3. The minimum Gasteiger partial charge on any atom is -0.481 e. The monoisotopic (exact) mass is 349 g/mol. The standard InChI is InChI=1S/C21H23N3O2/c1-15(26-17-6-3-2-4-7-17)21(25)24-12-9-16(10-13-24)19-14-23-20-18(19)8-5-11-22-20/h2-8,11,14-16H,9-10,12-13H2,1H3,(H,22,23)/t15-/m1/s1. The van der Waals surface area contributed by atoms with Crippen molar-refractivity contribution in [2.24, 2.45) is 0 Å². The maximum absolute atomic E-state index is 12.7. The van der Waals surface area contributed by atoms with E-state index >= 15 is 0 Å². The van der Waals surface area contributed by atoms with E-state index in [2.05, 4.69) is 22.2 Å². The quantitative estimate of drug-likeness (QED) is 0.781. The van der Waals surface area contributed by atoms with E-state index in [1.54, 1.807) is 6.20 Å². The molecule has 1 aromatic carbocycles. The predicted octanol–water partition coefficient (Wildman–Crippen LogP) is 3.74. The van der Waals surface area contributed by atoms with Crippen LogP contribution < -0.4 is 4.74 Å². The van der Waals surface area contributed by atoms with Gasteiger partial charge < -0.3 is 14.6 Å². The van der Waals surface area contributed by atoms with Crippen molar-refractivity contribution >= 4 is 16.9 Å². The van der Waals surface area contributed by atoms with Gasteiger partial charge in [0, 0.05) is 30.9 Å². The summed E-state index contributed by atoms with van der Waals surface area (Å²) in [7, 11) is 0. The number of likely N-dealkylation sites (tertiary alicyclic amines) is 1. The molecule has 0 radical (unpaired) electrons. The van der Waals surface area contributed by atoms with E-state index in [1.807, 2.05) is 48.2 Å². The van der Waals surface area contributed by atoms with Gasteiger partial charge >= 0.3 is 0 Å². The van der Waals surface area contributed by atoms with E-state index in [0.717, 1.165) is 37.3 Å². The molecule has 5 heteroatoms. The number of amides is 1. The van der Waals surface area contributed by atoms with Gasteiger partial charge in [0.05, 0.1) is 0 Å². The summed E-state index contributed by atoms with van der Waals surface area (Å²) in [6.45, 7) is 3.35. The first kappa shape index (κ1) is 16.6. The second-order valence-electron chi connectivity index (χ2n) is 6.82. The first-order chi connectivity index (χ1) is 12.7. The van der Waals surface area contributed by atoms with Crippen LogP contribution in [0.2, 0.25) is 0 Å². The number of rotatable bonds is 4. The highest BCUT2D eigenvalue weighted by atomic mass is 16.5. The van der Waals surface area contributed by atoms with Crippen LogP contribution in [0.25, 0.3) is 11.0 Å². The molecule has 1 saturated heterocycles. The zero-order chi connectivity index (χ0) is 17.9. The van der Waals surface area contributed by atoms with Crippen LogP contribution in [0.15, 0.2) is 54.9 Å². The number of nitrogens with zero attached hydrogens (tertiary/aromatic N) is 2. The highest BCUT2D eigenvalue weighted by Crippen LogP contribution is 2.32. The number of aromatic nitrogens is 2. The number of aromatic amines is 1. The molecule has 3 aromatic rings. The predicted molar refractivity (Wildman–Crippen MR) is 101 cm³/mol. The van der Waals surface area contributed by atoms with Gasteiger partial charge in [-0.25, -0.2) is 4.98 Å². The third-order valence-corrected chi connectivity index (χ3v) is 5.13. The Morgan fingerprint density at radius 2 is 1.96 bits per heavy atom.